The Balaban J connectivity index is 4.97. The number of rotatable bonds is 4. The van der Waals surface area contributed by atoms with Gasteiger partial charge in [-0.05, 0) is 10.8 Å². The molecule has 0 aromatic rings. The van der Waals surface area contributed by atoms with Gasteiger partial charge >= 0.3 is 8.97 Å². The van der Waals surface area contributed by atoms with Crippen LogP contribution in [0.5, 0.6) is 0 Å². The van der Waals surface area contributed by atoms with Crippen LogP contribution in [0.2, 0.25) is 0 Å². The third-order valence-corrected chi connectivity index (χ3v) is 4.13. The fourth-order valence-corrected chi connectivity index (χ4v) is 3.39. The van der Waals surface area contributed by atoms with E-state index in [9.17, 15) is 0 Å². The molecule has 0 aromatic carbocycles. The zero-order valence-corrected chi connectivity index (χ0v) is 12.9. The predicted molar refractivity (Wildman–Crippen MR) is 67.7 cm³/mol. The highest BCUT2D eigenvalue weighted by Crippen LogP contribution is 2.37. The molecule has 5 heteroatoms. The summed E-state index contributed by atoms with van der Waals surface area (Å²) in [6.07, 6.45) is -0.0310. The summed E-state index contributed by atoms with van der Waals surface area (Å²) < 4.78 is 16.3. The minimum atomic E-state index is -2.98. The van der Waals surface area contributed by atoms with E-state index in [-0.39, 0.29) is 16.9 Å². The number of hydrogen-bond acceptors (Lipinski definition) is 4. The van der Waals surface area contributed by atoms with E-state index in [2.05, 4.69) is 41.5 Å². The van der Waals surface area contributed by atoms with Crippen LogP contribution < -0.4 is 5.40 Å². The topological polar surface area (TPSA) is 53.7 Å². The molecule has 0 radical (unpaired) electrons. The SMILES string of the molecule is CO[Si](N)(OC)OC(C(C)(C)C)C(C)(C)C. The molecule has 98 valence electrons. The molecule has 0 bridgehead atoms. The van der Waals surface area contributed by atoms with E-state index in [1.54, 1.807) is 0 Å². The third kappa shape index (κ3) is 4.51. The second kappa shape index (κ2) is 5.14. The van der Waals surface area contributed by atoms with Crippen molar-refractivity contribution in [2.75, 3.05) is 14.2 Å². The third-order valence-electron chi connectivity index (χ3n) is 2.42. The minimum Gasteiger partial charge on any atom is -0.365 e. The largest absolute Gasteiger partial charge is 0.593 e. The maximum atomic E-state index is 5.96. The highest BCUT2D eigenvalue weighted by molar-refractivity contribution is 6.56. The maximum Gasteiger partial charge on any atom is 0.593 e. The van der Waals surface area contributed by atoms with Crippen LogP contribution in [0.15, 0.2) is 0 Å². The molecule has 2 N–H and O–H groups in total. The first kappa shape index (κ1) is 16.1. The molecular formula is C11H27NO3Si. The highest BCUT2D eigenvalue weighted by Gasteiger charge is 2.45. The van der Waals surface area contributed by atoms with Crippen LogP contribution in [0.3, 0.4) is 0 Å². The summed E-state index contributed by atoms with van der Waals surface area (Å²) in [4.78, 5) is 0. The van der Waals surface area contributed by atoms with Crippen molar-refractivity contribution in [1.29, 1.82) is 0 Å². The lowest BCUT2D eigenvalue weighted by Crippen LogP contribution is -2.59. The van der Waals surface area contributed by atoms with Gasteiger partial charge in [-0.3, -0.25) is 5.40 Å². The standard InChI is InChI=1S/C11H27NO3Si/c1-10(2,3)9(11(4,5)6)15-16(12,13-7)14-8/h9H,12H2,1-8H3. The Morgan fingerprint density at radius 3 is 1.38 bits per heavy atom. The summed E-state index contributed by atoms with van der Waals surface area (Å²) in [6, 6.07) is 0. The van der Waals surface area contributed by atoms with Crippen molar-refractivity contribution >= 4 is 8.97 Å². The second-order valence-corrected chi connectivity index (χ2v) is 8.50. The smallest absolute Gasteiger partial charge is 0.365 e. The predicted octanol–water partition coefficient (Wildman–Crippen LogP) is 2.15. The van der Waals surface area contributed by atoms with Gasteiger partial charge in [0.15, 0.2) is 0 Å². The van der Waals surface area contributed by atoms with Crippen molar-refractivity contribution in [2.24, 2.45) is 16.2 Å². The average Bonchev–Trinajstić information content (AvgIpc) is 2.10. The van der Waals surface area contributed by atoms with Crippen molar-refractivity contribution < 1.29 is 13.3 Å². The molecule has 0 aliphatic rings. The van der Waals surface area contributed by atoms with Crippen molar-refractivity contribution in [3.63, 3.8) is 0 Å². The Morgan fingerprint density at radius 1 is 0.875 bits per heavy atom. The molecule has 0 saturated carbocycles. The summed E-state index contributed by atoms with van der Waals surface area (Å²) in [5.41, 5.74) is -0.0418. The lowest BCUT2D eigenvalue weighted by Gasteiger charge is -2.43. The van der Waals surface area contributed by atoms with Crippen LogP contribution in [-0.4, -0.2) is 29.3 Å². The van der Waals surface area contributed by atoms with Crippen molar-refractivity contribution in [3.8, 4) is 0 Å². The van der Waals surface area contributed by atoms with E-state index in [0.29, 0.717) is 0 Å². The Kier molecular flexibility index (Phi) is 5.16. The molecule has 0 fully saturated rings. The molecule has 16 heavy (non-hydrogen) atoms. The molecule has 4 nitrogen and oxygen atoms in total. The van der Waals surface area contributed by atoms with E-state index in [1.165, 1.54) is 14.2 Å². The van der Waals surface area contributed by atoms with Gasteiger partial charge in [-0.2, -0.15) is 0 Å². The van der Waals surface area contributed by atoms with E-state index in [4.69, 9.17) is 18.7 Å². The van der Waals surface area contributed by atoms with Crippen LogP contribution in [0.4, 0.5) is 0 Å². The molecule has 0 amide bonds. The quantitative estimate of drug-likeness (QED) is 0.776. The molecule has 0 unspecified atom stereocenters. The second-order valence-electron chi connectivity index (χ2n) is 6.24. The Hall–Kier alpha value is 0.0569. The minimum absolute atomic E-state index is 0.0209. The summed E-state index contributed by atoms with van der Waals surface area (Å²) >= 11 is 0. The zero-order valence-electron chi connectivity index (χ0n) is 11.9. The molecule has 0 aliphatic heterocycles. The summed E-state index contributed by atoms with van der Waals surface area (Å²) in [7, 11) is 0.0718. The lowest BCUT2D eigenvalue weighted by molar-refractivity contribution is -0.0551. The normalized spacial score (nSPS) is 14.6. The van der Waals surface area contributed by atoms with Crippen molar-refractivity contribution in [3.05, 3.63) is 0 Å². The Bertz CT molecular complexity index is 202. The molecular weight excluding hydrogens is 222 g/mol. The molecule has 0 saturated heterocycles. The fraction of sp³-hybridized carbons (Fsp3) is 1.00. The molecule has 0 rings (SSSR count). The van der Waals surface area contributed by atoms with E-state index >= 15 is 0 Å². The van der Waals surface area contributed by atoms with Crippen molar-refractivity contribution in [1.82, 2.24) is 0 Å². The summed E-state index contributed by atoms with van der Waals surface area (Å²) in [5, 5.41) is 5.96. The fourth-order valence-electron chi connectivity index (χ4n) is 2.00. The summed E-state index contributed by atoms with van der Waals surface area (Å²) in [6.45, 7) is 12.8. The van der Waals surface area contributed by atoms with Gasteiger partial charge in [-0.1, -0.05) is 41.5 Å². The molecule has 0 spiro atoms. The van der Waals surface area contributed by atoms with Gasteiger partial charge in [-0.25, -0.2) is 0 Å². The summed E-state index contributed by atoms with van der Waals surface area (Å²) in [5.74, 6) is 0. The van der Waals surface area contributed by atoms with Crippen LogP contribution in [-0.2, 0) is 13.3 Å². The van der Waals surface area contributed by atoms with Gasteiger partial charge in [0.2, 0.25) is 0 Å². The molecule has 0 atom stereocenters. The zero-order chi connectivity index (χ0) is 13.2. The van der Waals surface area contributed by atoms with Crippen LogP contribution in [0.1, 0.15) is 41.5 Å². The molecule has 0 heterocycles. The van der Waals surface area contributed by atoms with Crippen molar-refractivity contribution in [2.45, 2.75) is 47.6 Å². The lowest BCUT2D eigenvalue weighted by atomic mass is 9.74. The Labute approximate surface area is 101 Å². The van der Waals surface area contributed by atoms with Gasteiger partial charge in [0.05, 0.1) is 6.10 Å². The number of nitrogens with two attached hydrogens (primary N) is 1. The first-order chi connectivity index (χ1) is 6.96. The van der Waals surface area contributed by atoms with Crippen LogP contribution in [0.25, 0.3) is 0 Å². The van der Waals surface area contributed by atoms with Gasteiger partial charge in [0.1, 0.15) is 0 Å². The monoisotopic (exact) mass is 249 g/mol. The maximum absolute atomic E-state index is 5.96. The van der Waals surface area contributed by atoms with E-state index in [0.717, 1.165) is 0 Å². The van der Waals surface area contributed by atoms with Crippen LogP contribution in [0, 0.1) is 10.8 Å². The number of hydrogen-bond donors (Lipinski definition) is 1. The van der Waals surface area contributed by atoms with Gasteiger partial charge in [0.25, 0.3) is 0 Å². The van der Waals surface area contributed by atoms with Gasteiger partial charge in [0, 0.05) is 14.2 Å². The van der Waals surface area contributed by atoms with Gasteiger partial charge in [-0.15, -0.1) is 0 Å². The molecule has 0 aliphatic carbocycles. The Morgan fingerprint density at radius 2 is 1.19 bits per heavy atom. The first-order valence-electron chi connectivity index (χ1n) is 5.53. The molecule has 0 aromatic heterocycles. The highest BCUT2D eigenvalue weighted by atomic mass is 28.4. The van der Waals surface area contributed by atoms with E-state index < -0.39 is 8.97 Å². The average molecular weight is 249 g/mol. The van der Waals surface area contributed by atoms with E-state index in [1.807, 2.05) is 0 Å². The van der Waals surface area contributed by atoms with Crippen LogP contribution >= 0.6 is 0 Å². The first-order valence-corrected chi connectivity index (χ1v) is 7.33. The van der Waals surface area contributed by atoms with Gasteiger partial charge < -0.3 is 13.3 Å².